The largest absolute Gasteiger partial charge is 0.478 e. The van der Waals surface area contributed by atoms with E-state index in [-0.39, 0.29) is 28.4 Å². The van der Waals surface area contributed by atoms with Crippen molar-refractivity contribution in [2.24, 2.45) is 0 Å². The third-order valence-electron chi connectivity index (χ3n) is 4.93. The molecule has 1 saturated carbocycles. The Hall–Kier alpha value is -2.61. The fraction of sp³-hybridized carbons (Fsp3) is 0.381. The summed E-state index contributed by atoms with van der Waals surface area (Å²) in [6, 6.07) is 8.63. The molecule has 0 bridgehead atoms. The van der Waals surface area contributed by atoms with Crippen LogP contribution in [-0.4, -0.2) is 26.3 Å². The van der Waals surface area contributed by atoms with Gasteiger partial charge in [0.15, 0.2) is 23.5 Å². The molecule has 1 fully saturated rings. The predicted molar refractivity (Wildman–Crippen MR) is 107 cm³/mol. The maximum atomic E-state index is 13.7. The van der Waals surface area contributed by atoms with Crippen LogP contribution in [-0.2, 0) is 0 Å². The van der Waals surface area contributed by atoms with Gasteiger partial charge < -0.3 is 13.7 Å². The first-order valence-electron chi connectivity index (χ1n) is 9.53. The maximum absolute atomic E-state index is 13.7. The van der Waals surface area contributed by atoms with Crippen LogP contribution in [0.4, 0.5) is 4.39 Å². The molecule has 1 aliphatic rings. The number of thioether (sulfide) groups is 1. The number of aromatic nitrogens is 3. The predicted octanol–water partition coefficient (Wildman–Crippen LogP) is 5.08. The molecule has 152 valence electrons. The summed E-state index contributed by atoms with van der Waals surface area (Å²) in [4.78, 5) is 12.7. The van der Waals surface area contributed by atoms with Crippen LogP contribution < -0.4 is 4.74 Å². The molecule has 0 amide bonds. The summed E-state index contributed by atoms with van der Waals surface area (Å²) >= 11 is 1.19. The van der Waals surface area contributed by atoms with Crippen LogP contribution in [0.25, 0.3) is 0 Å². The standard InChI is InChI=1S/C21H22FN3O3S/c1-12-10-16(13(2)25(12)15-8-9-15)18(26)11-29-21-24-23-20(28-21)14(3)27-19-7-5-4-6-17(19)22/h4-7,10,14-15H,8-9,11H2,1-3H3/t14-/m1/s1. The second-order valence-corrected chi connectivity index (χ2v) is 8.12. The van der Waals surface area contributed by atoms with E-state index in [2.05, 4.69) is 14.8 Å². The molecule has 0 N–H and O–H groups in total. The number of carbonyl (C=O) groups excluding carboxylic acids is 1. The Labute approximate surface area is 172 Å². The lowest BCUT2D eigenvalue weighted by atomic mass is 10.2. The molecular formula is C21H22FN3O3S. The highest BCUT2D eigenvalue weighted by Crippen LogP contribution is 2.38. The van der Waals surface area contributed by atoms with Crippen LogP contribution in [0.2, 0.25) is 0 Å². The van der Waals surface area contributed by atoms with E-state index in [9.17, 15) is 9.18 Å². The van der Waals surface area contributed by atoms with Crippen molar-refractivity contribution in [2.75, 3.05) is 5.75 Å². The molecule has 8 heteroatoms. The third kappa shape index (κ3) is 4.22. The van der Waals surface area contributed by atoms with E-state index in [0.29, 0.717) is 6.04 Å². The Bertz CT molecular complexity index is 1040. The smallest absolute Gasteiger partial charge is 0.277 e. The zero-order valence-electron chi connectivity index (χ0n) is 16.5. The molecule has 1 aliphatic carbocycles. The summed E-state index contributed by atoms with van der Waals surface area (Å²) in [5.41, 5.74) is 2.89. The van der Waals surface area contributed by atoms with Crippen molar-refractivity contribution >= 4 is 17.5 Å². The van der Waals surface area contributed by atoms with Crippen LogP contribution in [0.15, 0.2) is 40.0 Å². The minimum atomic E-state index is -0.609. The topological polar surface area (TPSA) is 70.2 Å². The van der Waals surface area contributed by atoms with Gasteiger partial charge in [0.1, 0.15) is 0 Å². The van der Waals surface area contributed by atoms with Gasteiger partial charge in [-0.25, -0.2) is 4.39 Å². The number of hydrogen-bond acceptors (Lipinski definition) is 6. The van der Waals surface area contributed by atoms with Gasteiger partial charge in [-0.05, 0) is 51.8 Å². The van der Waals surface area contributed by atoms with E-state index in [4.69, 9.17) is 9.15 Å². The molecule has 6 nitrogen and oxygen atoms in total. The molecule has 0 radical (unpaired) electrons. The SMILES string of the molecule is Cc1cc(C(=O)CSc2nnc([C@@H](C)Oc3ccccc3F)o2)c(C)n1C1CC1. The van der Waals surface area contributed by atoms with Crippen LogP contribution in [0.5, 0.6) is 5.75 Å². The number of para-hydroxylation sites is 1. The Morgan fingerprint density at radius 1 is 1.34 bits per heavy atom. The molecule has 2 aromatic heterocycles. The second kappa shape index (κ2) is 8.02. The number of ether oxygens (including phenoxy) is 1. The number of nitrogens with zero attached hydrogens (tertiary/aromatic N) is 3. The lowest BCUT2D eigenvalue weighted by molar-refractivity contribution is 0.102. The zero-order chi connectivity index (χ0) is 20.5. The lowest BCUT2D eigenvalue weighted by Crippen LogP contribution is -2.05. The number of carbonyl (C=O) groups is 1. The van der Waals surface area contributed by atoms with Crippen LogP contribution in [0.3, 0.4) is 0 Å². The fourth-order valence-corrected chi connectivity index (χ4v) is 4.04. The molecule has 29 heavy (non-hydrogen) atoms. The molecule has 0 unspecified atom stereocenters. The first kappa shape index (κ1) is 19.7. The van der Waals surface area contributed by atoms with Crippen molar-refractivity contribution in [3.05, 3.63) is 59.0 Å². The van der Waals surface area contributed by atoms with Crippen molar-refractivity contribution in [1.82, 2.24) is 14.8 Å². The van der Waals surface area contributed by atoms with Gasteiger partial charge in [-0.1, -0.05) is 23.9 Å². The maximum Gasteiger partial charge on any atom is 0.277 e. The Kier molecular flexibility index (Phi) is 5.45. The molecular weight excluding hydrogens is 393 g/mol. The molecule has 4 rings (SSSR count). The zero-order valence-corrected chi connectivity index (χ0v) is 17.3. The van der Waals surface area contributed by atoms with Gasteiger partial charge in [0, 0.05) is 23.0 Å². The van der Waals surface area contributed by atoms with E-state index < -0.39 is 11.9 Å². The number of aryl methyl sites for hydroxylation is 1. The Balaban J connectivity index is 1.37. The molecule has 0 aliphatic heterocycles. The molecule has 2 heterocycles. The molecule has 0 saturated heterocycles. The number of hydrogen-bond donors (Lipinski definition) is 0. The van der Waals surface area contributed by atoms with Gasteiger partial charge in [0.05, 0.1) is 5.75 Å². The molecule has 1 aromatic carbocycles. The number of Topliss-reactive ketones (excluding diaryl/α,β-unsaturated/α-hetero) is 1. The van der Waals surface area contributed by atoms with Gasteiger partial charge in [0.25, 0.3) is 11.1 Å². The molecule has 0 spiro atoms. The van der Waals surface area contributed by atoms with E-state index in [1.807, 2.05) is 19.9 Å². The minimum absolute atomic E-state index is 0.0328. The van der Waals surface area contributed by atoms with E-state index in [1.54, 1.807) is 19.1 Å². The van der Waals surface area contributed by atoms with Crippen LogP contribution in [0, 0.1) is 19.7 Å². The highest BCUT2D eigenvalue weighted by Gasteiger charge is 2.28. The van der Waals surface area contributed by atoms with Gasteiger partial charge in [-0.2, -0.15) is 0 Å². The first-order valence-corrected chi connectivity index (χ1v) is 10.5. The first-order chi connectivity index (χ1) is 13.9. The summed E-state index contributed by atoms with van der Waals surface area (Å²) < 4.78 is 27.1. The summed E-state index contributed by atoms with van der Waals surface area (Å²) in [5.74, 6) is 0.135. The van der Waals surface area contributed by atoms with Crippen molar-refractivity contribution in [3.63, 3.8) is 0 Å². The summed E-state index contributed by atoms with van der Waals surface area (Å²) in [7, 11) is 0. The van der Waals surface area contributed by atoms with Crippen molar-refractivity contribution in [2.45, 2.75) is 51.0 Å². The van der Waals surface area contributed by atoms with Gasteiger partial charge in [-0.15, -0.1) is 10.2 Å². The highest BCUT2D eigenvalue weighted by atomic mass is 32.2. The number of halogens is 1. The number of rotatable bonds is 8. The van der Waals surface area contributed by atoms with Gasteiger partial charge >= 0.3 is 0 Å². The highest BCUT2D eigenvalue weighted by molar-refractivity contribution is 7.99. The van der Waals surface area contributed by atoms with E-state index in [1.165, 1.54) is 36.7 Å². The van der Waals surface area contributed by atoms with Crippen LogP contribution >= 0.6 is 11.8 Å². The second-order valence-electron chi connectivity index (χ2n) is 7.19. The molecule has 3 aromatic rings. The Morgan fingerprint density at radius 3 is 2.83 bits per heavy atom. The number of ketones is 1. The third-order valence-corrected chi connectivity index (χ3v) is 5.75. The normalized spacial score (nSPS) is 14.8. The fourth-order valence-electron chi connectivity index (χ4n) is 3.38. The monoisotopic (exact) mass is 415 g/mol. The van der Waals surface area contributed by atoms with Crippen LogP contribution in [0.1, 0.15) is 59.5 Å². The summed E-state index contributed by atoms with van der Waals surface area (Å²) in [6.07, 6.45) is 1.75. The summed E-state index contributed by atoms with van der Waals surface area (Å²) in [5, 5.41) is 8.21. The van der Waals surface area contributed by atoms with Gasteiger partial charge in [-0.3, -0.25) is 4.79 Å². The van der Waals surface area contributed by atoms with Gasteiger partial charge in [0.2, 0.25) is 0 Å². The summed E-state index contributed by atoms with van der Waals surface area (Å²) in [6.45, 7) is 5.73. The quantitative estimate of drug-likeness (QED) is 0.378. The van der Waals surface area contributed by atoms with Crippen molar-refractivity contribution in [3.8, 4) is 5.75 Å². The average Bonchev–Trinajstić information content (AvgIpc) is 3.32. The lowest BCUT2D eigenvalue weighted by Gasteiger charge is -2.11. The average molecular weight is 415 g/mol. The van der Waals surface area contributed by atoms with E-state index >= 15 is 0 Å². The van der Waals surface area contributed by atoms with Crippen molar-refractivity contribution in [1.29, 1.82) is 0 Å². The minimum Gasteiger partial charge on any atom is -0.478 e. The number of benzene rings is 1. The van der Waals surface area contributed by atoms with E-state index in [0.717, 1.165) is 17.0 Å². The molecule has 1 atom stereocenters. The Morgan fingerprint density at radius 2 is 2.10 bits per heavy atom. The van der Waals surface area contributed by atoms with Crippen molar-refractivity contribution < 1.29 is 18.3 Å².